The van der Waals surface area contributed by atoms with Gasteiger partial charge in [0.1, 0.15) is 5.75 Å². The second-order valence-electron chi connectivity index (χ2n) is 8.09. The zero-order valence-electron chi connectivity index (χ0n) is 16.7. The maximum absolute atomic E-state index is 5.99. The molecule has 1 saturated heterocycles. The molecule has 0 N–H and O–H groups in total. The first-order chi connectivity index (χ1) is 14.8. The molecule has 1 saturated carbocycles. The minimum absolute atomic E-state index is 0.512. The Balaban J connectivity index is 1.06. The number of hydrogen-bond donors (Lipinski definition) is 0. The molecule has 0 amide bonds. The van der Waals surface area contributed by atoms with E-state index in [9.17, 15) is 0 Å². The molecule has 2 aromatic heterocycles. The van der Waals surface area contributed by atoms with Gasteiger partial charge in [-0.2, -0.15) is 0 Å². The van der Waals surface area contributed by atoms with Crippen molar-refractivity contribution < 1.29 is 9.15 Å². The van der Waals surface area contributed by atoms with Crippen molar-refractivity contribution in [3.05, 3.63) is 48.1 Å². The first kappa shape index (κ1) is 19.3. The summed E-state index contributed by atoms with van der Waals surface area (Å²) in [5, 5.41) is 8.26. The van der Waals surface area contributed by atoms with Gasteiger partial charge in [-0.1, -0.05) is 17.7 Å². The van der Waals surface area contributed by atoms with E-state index in [1.54, 1.807) is 12.4 Å². The third-order valence-corrected chi connectivity index (χ3v) is 6.41. The zero-order chi connectivity index (χ0) is 20.3. The van der Waals surface area contributed by atoms with Crippen molar-refractivity contribution in [3.8, 4) is 17.2 Å². The largest absolute Gasteiger partial charge is 0.494 e. The van der Waals surface area contributed by atoms with E-state index in [4.69, 9.17) is 20.8 Å². The van der Waals surface area contributed by atoms with Crippen LogP contribution in [-0.4, -0.2) is 39.9 Å². The third-order valence-electron chi connectivity index (χ3n) is 6.21. The van der Waals surface area contributed by atoms with Crippen LogP contribution in [0.2, 0.25) is 5.02 Å². The van der Waals surface area contributed by atoms with Gasteiger partial charge in [0.05, 0.1) is 24.0 Å². The number of halogens is 1. The molecule has 1 aliphatic carbocycles. The fourth-order valence-electron chi connectivity index (χ4n) is 4.52. The minimum atomic E-state index is 0.512. The van der Waals surface area contributed by atoms with Gasteiger partial charge in [0, 0.05) is 18.7 Å². The molecule has 1 aromatic carbocycles. The molecule has 2 atom stereocenters. The number of aromatic nitrogens is 4. The second-order valence-corrected chi connectivity index (χ2v) is 8.53. The summed E-state index contributed by atoms with van der Waals surface area (Å²) in [5.41, 5.74) is 0.880. The predicted molar refractivity (Wildman–Crippen MR) is 113 cm³/mol. The molecular formula is C22H24ClN5O2. The molecule has 2 aliphatic rings. The molecule has 5 rings (SSSR count). The van der Waals surface area contributed by atoms with E-state index in [0.717, 1.165) is 61.1 Å². The highest BCUT2D eigenvalue weighted by molar-refractivity contribution is 6.30. The van der Waals surface area contributed by atoms with Crippen LogP contribution in [0, 0.1) is 17.8 Å². The summed E-state index contributed by atoms with van der Waals surface area (Å²) in [6.07, 6.45) is 9.53. The van der Waals surface area contributed by atoms with E-state index in [1.165, 1.54) is 25.7 Å². The van der Waals surface area contributed by atoms with Gasteiger partial charge >= 0.3 is 0 Å². The molecule has 3 aromatic rings. The Morgan fingerprint density at radius 2 is 2.00 bits per heavy atom. The van der Waals surface area contributed by atoms with E-state index in [-0.39, 0.29) is 0 Å². The summed E-state index contributed by atoms with van der Waals surface area (Å²) in [6.45, 7) is 2.79. The van der Waals surface area contributed by atoms with E-state index in [0.29, 0.717) is 10.9 Å². The lowest BCUT2D eigenvalue weighted by molar-refractivity contribution is 0.284. The van der Waals surface area contributed by atoms with Crippen LogP contribution in [0.4, 0.5) is 5.95 Å². The average molecular weight is 426 g/mol. The van der Waals surface area contributed by atoms with E-state index >= 15 is 0 Å². The fraction of sp³-hybridized carbons (Fsp3) is 0.455. The molecule has 3 heterocycles. The quantitative estimate of drug-likeness (QED) is 0.551. The average Bonchev–Trinajstić information content (AvgIpc) is 3.33. The van der Waals surface area contributed by atoms with E-state index in [2.05, 4.69) is 25.1 Å². The number of nitrogens with zero attached hydrogens (tertiary/aromatic N) is 5. The molecular weight excluding hydrogens is 402 g/mol. The monoisotopic (exact) mass is 425 g/mol. The second kappa shape index (κ2) is 8.60. The topological polar surface area (TPSA) is 77.2 Å². The summed E-state index contributed by atoms with van der Waals surface area (Å²) < 4.78 is 11.2. The molecule has 7 nitrogen and oxygen atoms in total. The number of hydrogen-bond acceptors (Lipinski definition) is 7. The first-order valence-corrected chi connectivity index (χ1v) is 10.9. The summed E-state index contributed by atoms with van der Waals surface area (Å²) >= 11 is 5.89. The Kier molecular flexibility index (Phi) is 5.53. The van der Waals surface area contributed by atoms with Crippen LogP contribution < -0.4 is 9.64 Å². The Morgan fingerprint density at radius 3 is 2.77 bits per heavy atom. The molecule has 1 aliphatic heterocycles. The highest BCUT2D eigenvalue weighted by Crippen LogP contribution is 2.49. The predicted octanol–water partition coefficient (Wildman–Crippen LogP) is 4.50. The lowest BCUT2D eigenvalue weighted by Crippen LogP contribution is -2.35. The van der Waals surface area contributed by atoms with Crippen LogP contribution in [0.25, 0.3) is 11.5 Å². The van der Waals surface area contributed by atoms with Crippen molar-refractivity contribution in [2.75, 3.05) is 24.6 Å². The van der Waals surface area contributed by atoms with E-state index in [1.807, 2.05) is 24.3 Å². The van der Waals surface area contributed by atoms with Crippen molar-refractivity contribution in [1.29, 1.82) is 0 Å². The van der Waals surface area contributed by atoms with Crippen LogP contribution in [-0.2, 0) is 0 Å². The molecule has 8 heteroatoms. The number of anilines is 1. The summed E-state index contributed by atoms with van der Waals surface area (Å²) in [6, 6.07) is 7.82. The van der Waals surface area contributed by atoms with Crippen LogP contribution >= 0.6 is 11.6 Å². The van der Waals surface area contributed by atoms with Gasteiger partial charge in [-0.25, -0.2) is 9.97 Å². The molecule has 0 bridgehead atoms. The summed E-state index contributed by atoms with van der Waals surface area (Å²) in [4.78, 5) is 11.0. The fourth-order valence-corrected chi connectivity index (χ4v) is 4.62. The Hall–Kier alpha value is -2.67. The highest BCUT2D eigenvalue weighted by Gasteiger charge is 2.43. The molecule has 30 heavy (non-hydrogen) atoms. The lowest BCUT2D eigenvalue weighted by Gasteiger charge is -2.32. The summed E-state index contributed by atoms with van der Waals surface area (Å²) in [7, 11) is 0. The first-order valence-electron chi connectivity index (χ1n) is 10.5. The molecule has 0 radical (unpaired) electrons. The SMILES string of the molecule is Clc1cnc(N2CCC(C3CC3CCOc3cccc(-c4nnco4)c3)CC2)nc1. The number of piperidine rings is 1. The van der Waals surface area contributed by atoms with Gasteiger partial charge < -0.3 is 14.1 Å². The smallest absolute Gasteiger partial charge is 0.247 e. The third kappa shape index (κ3) is 4.41. The van der Waals surface area contributed by atoms with Gasteiger partial charge in [0.2, 0.25) is 18.2 Å². The number of ether oxygens (including phenoxy) is 1. The maximum Gasteiger partial charge on any atom is 0.247 e. The van der Waals surface area contributed by atoms with Gasteiger partial charge in [-0.05, 0) is 61.6 Å². The van der Waals surface area contributed by atoms with Gasteiger partial charge in [0.15, 0.2) is 0 Å². The van der Waals surface area contributed by atoms with Crippen LogP contribution in [0.1, 0.15) is 25.7 Å². The Morgan fingerprint density at radius 1 is 1.17 bits per heavy atom. The van der Waals surface area contributed by atoms with Crippen molar-refractivity contribution in [2.24, 2.45) is 17.8 Å². The normalized spacial score (nSPS) is 21.6. The highest BCUT2D eigenvalue weighted by atomic mass is 35.5. The lowest BCUT2D eigenvalue weighted by atomic mass is 9.90. The van der Waals surface area contributed by atoms with Crippen LogP contribution in [0.3, 0.4) is 0 Å². The van der Waals surface area contributed by atoms with Crippen LogP contribution in [0.15, 0.2) is 47.5 Å². The van der Waals surface area contributed by atoms with Crippen molar-refractivity contribution in [2.45, 2.75) is 25.7 Å². The zero-order valence-corrected chi connectivity index (χ0v) is 17.4. The molecule has 2 fully saturated rings. The van der Waals surface area contributed by atoms with E-state index < -0.39 is 0 Å². The Bertz CT molecular complexity index is 958. The maximum atomic E-state index is 5.99. The van der Waals surface area contributed by atoms with Gasteiger partial charge in [0.25, 0.3) is 0 Å². The summed E-state index contributed by atoms with van der Waals surface area (Å²) in [5.74, 6) is 4.58. The van der Waals surface area contributed by atoms with Gasteiger partial charge in [-0.3, -0.25) is 0 Å². The van der Waals surface area contributed by atoms with Crippen molar-refractivity contribution in [1.82, 2.24) is 20.2 Å². The number of benzene rings is 1. The molecule has 2 unspecified atom stereocenters. The van der Waals surface area contributed by atoms with Crippen LogP contribution in [0.5, 0.6) is 5.75 Å². The minimum Gasteiger partial charge on any atom is -0.494 e. The Labute approximate surface area is 180 Å². The van der Waals surface area contributed by atoms with Crippen molar-refractivity contribution in [3.63, 3.8) is 0 Å². The van der Waals surface area contributed by atoms with Gasteiger partial charge in [-0.15, -0.1) is 10.2 Å². The standard InChI is InChI=1S/C22H24ClN5O2/c23-18-12-24-22(25-13-18)28-7-4-15(5-8-28)20-11-16(20)6-9-29-19-3-1-2-17(10-19)21-27-26-14-30-21/h1-3,10,12-16,20H,4-9,11H2. The molecule has 156 valence electrons. The van der Waals surface area contributed by atoms with Crippen molar-refractivity contribution >= 4 is 17.5 Å². The number of rotatable bonds is 7. The molecule has 0 spiro atoms.